The van der Waals surface area contributed by atoms with Gasteiger partial charge >= 0.3 is 5.97 Å². The zero-order valence-electron chi connectivity index (χ0n) is 16.6. The van der Waals surface area contributed by atoms with E-state index in [1.165, 1.54) is 16.9 Å². The normalized spacial score (nSPS) is 11.7. The molecule has 5 nitrogen and oxygen atoms in total. The monoisotopic (exact) mass is 428 g/mol. The molecule has 2 aromatic carbocycles. The summed E-state index contributed by atoms with van der Waals surface area (Å²) in [5.74, 6) is 1.43. The predicted molar refractivity (Wildman–Crippen MR) is 119 cm³/mol. The van der Waals surface area contributed by atoms with Crippen molar-refractivity contribution in [3.8, 4) is 0 Å². The molecule has 0 fully saturated rings. The number of ether oxygens (including phenoxy) is 1. The highest BCUT2D eigenvalue weighted by atomic mass is 32.2. The first kappa shape index (κ1) is 21.3. The van der Waals surface area contributed by atoms with E-state index in [0.29, 0.717) is 23.4 Å². The highest BCUT2D eigenvalue weighted by molar-refractivity contribution is 7.98. The summed E-state index contributed by atoms with van der Waals surface area (Å²) in [7, 11) is 1.88. The van der Waals surface area contributed by atoms with Crippen molar-refractivity contribution in [2.45, 2.75) is 25.5 Å². The van der Waals surface area contributed by atoms with E-state index >= 15 is 0 Å². The molecule has 0 aliphatic carbocycles. The van der Waals surface area contributed by atoms with Gasteiger partial charge in [0.2, 0.25) is 5.91 Å². The average Bonchev–Trinajstić information content (AvgIpc) is 3.03. The molecule has 29 heavy (non-hydrogen) atoms. The van der Waals surface area contributed by atoms with Crippen LogP contribution in [0.5, 0.6) is 0 Å². The predicted octanol–water partition coefficient (Wildman–Crippen LogP) is 4.56. The SMILES string of the molecule is CCOC(=O)c1ccc2c(c1)sc(=NC(=O)CCCSCc1ccccc1)n2C. The standard InChI is InChI=1S/C22H24N2O3S2/c1-3-27-21(26)17-11-12-18-19(14-17)29-22(24(18)2)23-20(25)10-7-13-28-15-16-8-5-4-6-9-16/h4-6,8-9,11-12,14H,3,7,10,13,15H2,1-2H3. The molecular formula is C22H24N2O3S2. The van der Waals surface area contributed by atoms with Crippen LogP contribution in [0.25, 0.3) is 10.2 Å². The number of fused-ring (bicyclic) bond motifs is 1. The van der Waals surface area contributed by atoms with Crippen molar-refractivity contribution in [3.05, 3.63) is 64.5 Å². The summed E-state index contributed by atoms with van der Waals surface area (Å²) in [4.78, 5) is 29.1. The first-order chi connectivity index (χ1) is 14.1. The molecule has 0 aliphatic heterocycles. The maximum Gasteiger partial charge on any atom is 0.338 e. The van der Waals surface area contributed by atoms with E-state index in [1.54, 1.807) is 19.1 Å². The van der Waals surface area contributed by atoms with Crippen LogP contribution in [0.2, 0.25) is 0 Å². The molecule has 0 atom stereocenters. The molecule has 7 heteroatoms. The molecule has 3 aromatic rings. The number of aryl methyl sites for hydroxylation is 1. The fourth-order valence-electron chi connectivity index (χ4n) is 2.83. The van der Waals surface area contributed by atoms with Crippen molar-refractivity contribution in [2.75, 3.05) is 12.4 Å². The summed E-state index contributed by atoms with van der Waals surface area (Å²) in [6.07, 6.45) is 1.24. The Hall–Kier alpha value is -2.38. The Labute approximate surface area is 178 Å². The van der Waals surface area contributed by atoms with Crippen LogP contribution in [0.4, 0.5) is 0 Å². The Morgan fingerprint density at radius 3 is 2.72 bits per heavy atom. The number of thioether (sulfide) groups is 1. The number of nitrogens with zero attached hydrogens (tertiary/aromatic N) is 2. The lowest BCUT2D eigenvalue weighted by atomic mass is 10.2. The van der Waals surface area contributed by atoms with E-state index in [2.05, 4.69) is 17.1 Å². The number of hydrogen-bond acceptors (Lipinski definition) is 5. The van der Waals surface area contributed by atoms with Crippen LogP contribution in [-0.2, 0) is 22.3 Å². The number of rotatable bonds is 8. The molecule has 0 aliphatic rings. The second-order valence-corrected chi connectivity index (χ2v) is 8.61. The second kappa shape index (κ2) is 10.4. The zero-order valence-corrected chi connectivity index (χ0v) is 18.2. The van der Waals surface area contributed by atoms with Crippen LogP contribution >= 0.6 is 23.1 Å². The van der Waals surface area contributed by atoms with E-state index in [0.717, 1.165) is 28.1 Å². The van der Waals surface area contributed by atoms with Gasteiger partial charge < -0.3 is 9.30 Å². The first-order valence-electron chi connectivity index (χ1n) is 9.54. The highest BCUT2D eigenvalue weighted by Gasteiger charge is 2.11. The van der Waals surface area contributed by atoms with Crippen LogP contribution in [0.3, 0.4) is 0 Å². The third kappa shape index (κ3) is 5.81. The number of carbonyl (C=O) groups is 2. The molecule has 0 bridgehead atoms. The Bertz CT molecular complexity index is 1050. The fourth-order valence-corrected chi connectivity index (χ4v) is 4.83. The minimum absolute atomic E-state index is 0.113. The number of esters is 1. The van der Waals surface area contributed by atoms with Gasteiger partial charge in [-0.2, -0.15) is 16.8 Å². The van der Waals surface area contributed by atoms with Crippen LogP contribution in [0.15, 0.2) is 53.5 Å². The van der Waals surface area contributed by atoms with Crippen molar-refractivity contribution in [1.29, 1.82) is 0 Å². The van der Waals surface area contributed by atoms with E-state index in [-0.39, 0.29) is 11.9 Å². The van der Waals surface area contributed by atoms with E-state index < -0.39 is 0 Å². The van der Waals surface area contributed by atoms with Gasteiger partial charge in [-0.1, -0.05) is 41.7 Å². The number of thiazole rings is 1. The van der Waals surface area contributed by atoms with E-state index in [4.69, 9.17) is 4.74 Å². The van der Waals surface area contributed by atoms with Crippen LogP contribution in [0.1, 0.15) is 35.7 Å². The third-order valence-electron chi connectivity index (χ3n) is 4.33. The zero-order chi connectivity index (χ0) is 20.6. The quantitative estimate of drug-likeness (QED) is 0.390. The fraction of sp³-hybridized carbons (Fsp3) is 0.318. The molecule has 152 valence electrons. The highest BCUT2D eigenvalue weighted by Crippen LogP contribution is 2.19. The molecule has 1 heterocycles. The lowest BCUT2D eigenvalue weighted by Crippen LogP contribution is -2.13. The molecule has 0 saturated heterocycles. The summed E-state index contributed by atoms with van der Waals surface area (Å²) in [6.45, 7) is 2.12. The van der Waals surface area contributed by atoms with Gasteiger partial charge in [0, 0.05) is 19.2 Å². The number of aromatic nitrogens is 1. The van der Waals surface area contributed by atoms with Crippen molar-refractivity contribution < 1.29 is 14.3 Å². The van der Waals surface area contributed by atoms with Crippen LogP contribution in [0, 0.1) is 0 Å². The Kier molecular flexibility index (Phi) is 7.66. The van der Waals surface area contributed by atoms with Gasteiger partial charge in [-0.15, -0.1) is 0 Å². The lowest BCUT2D eigenvalue weighted by molar-refractivity contribution is -0.118. The van der Waals surface area contributed by atoms with Gasteiger partial charge in [0.25, 0.3) is 0 Å². The molecule has 0 spiro atoms. The van der Waals surface area contributed by atoms with Gasteiger partial charge in [-0.05, 0) is 42.9 Å². The van der Waals surface area contributed by atoms with Crippen LogP contribution < -0.4 is 4.80 Å². The summed E-state index contributed by atoms with van der Waals surface area (Å²) >= 11 is 3.23. The Balaban J connectivity index is 1.59. The minimum atomic E-state index is -0.340. The first-order valence-corrected chi connectivity index (χ1v) is 11.5. The largest absolute Gasteiger partial charge is 0.462 e. The van der Waals surface area contributed by atoms with Crippen molar-refractivity contribution in [2.24, 2.45) is 12.0 Å². The lowest BCUT2D eigenvalue weighted by Gasteiger charge is -2.01. The maximum atomic E-state index is 12.3. The Morgan fingerprint density at radius 1 is 1.17 bits per heavy atom. The van der Waals surface area contributed by atoms with E-state index in [1.807, 2.05) is 47.6 Å². The Morgan fingerprint density at radius 2 is 1.97 bits per heavy atom. The molecule has 1 aromatic heterocycles. The van der Waals surface area contributed by atoms with E-state index in [9.17, 15) is 9.59 Å². The topological polar surface area (TPSA) is 60.7 Å². The van der Waals surface area contributed by atoms with Gasteiger partial charge in [0.05, 0.1) is 22.4 Å². The minimum Gasteiger partial charge on any atom is -0.462 e. The van der Waals surface area contributed by atoms with Crippen LogP contribution in [-0.4, -0.2) is 28.8 Å². The molecule has 3 rings (SSSR count). The summed E-state index contributed by atoms with van der Waals surface area (Å²) in [6, 6.07) is 15.7. The summed E-state index contributed by atoms with van der Waals surface area (Å²) in [5, 5.41) is 0. The number of hydrogen-bond donors (Lipinski definition) is 0. The smallest absolute Gasteiger partial charge is 0.338 e. The average molecular weight is 429 g/mol. The maximum absolute atomic E-state index is 12.3. The van der Waals surface area contributed by atoms with Gasteiger partial charge in [0.1, 0.15) is 0 Å². The van der Waals surface area contributed by atoms with Crippen molar-refractivity contribution in [1.82, 2.24) is 4.57 Å². The summed E-state index contributed by atoms with van der Waals surface area (Å²) in [5.41, 5.74) is 2.75. The van der Waals surface area contributed by atoms with Gasteiger partial charge in [-0.25, -0.2) is 4.79 Å². The van der Waals surface area contributed by atoms with Gasteiger partial charge in [-0.3, -0.25) is 4.79 Å². The number of benzene rings is 2. The molecule has 0 N–H and O–H groups in total. The number of carbonyl (C=O) groups excluding carboxylic acids is 2. The molecule has 0 unspecified atom stereocenters. The molecular weight excluding hydrogens is 404 g/mol. The third-order valence-corrected chi connectivity index (χ3v) is 6.54. The van der Waals surface area contributed by atoms with Crippen molar-refractivity contribution >= 4 is 45.2 Å². The molecule has 0 saturated carbocycles. The van der Waals surface area contributed by atoms with Gasteiger partial charge in [0.15, 0.2) is 4.80 Å². The molecule has 0 radical (unpaired) electrons. The summed E-state index contributed by atoms with van der Waals surface area (Å²) < 4.78 is 7.84. The van der Waals surface area contributed by atoms with Crippen molar-refractivity contribution in [3.63, 3.8) is 0 Å². The molecule has 1 amide bonds. The number of amides is 1. The second-order valence-electron chi connectivity index (χ2n) is 6.49.